The fourth-order valence-corrected chi connectivity index (χ4v) is 5.04. The standard InChI is InChI=1S/C21H23F3N2O5S/c1-11(12-5-6-12)15-8-7-13-3-2-4-16(13)18(15)25-20(28)26-32(29,30)17-9-14(10-31-17)19(27)21(22,23)24/h7-12,19,27H,2-6H2,1H3,(H2,25,26,28)/t11-,19+/m1/s1. The Morgan fingerprint density at radius 2 is 1.97 bits per heavy atom. The van der Waals surface area contributed by atoms with Crippen LogP contribution in [0.4, 0.5) is 23.7 Å². The molecule has 2 aliphatic carbocycles. The summed E-state index contributed by atoms with van der Waals surface area (Å²) in [5.41, 5.74) is 2.84. The summed E-state index contributed by atoms with van der Waals surface area (Å²) in [6.45, 7) is 2.07. The normalized spacial score (nSPS) is 18.2. The Kier molecular flexibility index (Phi) is 5.74. The Hall–Kier alpha value is -2.53. The largest absolute Gasteiger partial charge is 0.451 e. The molecule has 7 nitrogen and oxygen atoms in total. The molecule has 0 saturated heterocycles. The van der Waals surface area contributed by atoms with E-state index in [0.717, 1.165) is 48.8 Å². The number of carbonyl (C=O) groups excluding carboxylic acids is 1. The van der Waals surface area contributed by atoms with E-state index in [0.29, 0.717) is 23.9 Å². The third kappa shape index (κ3) is 4.49. The Balaban J connectivity index is 1.54. The minimum Gasteiger partial charge on any atom is -0.451 e. The number of urea groups is 1. The molecular weight excluding hydrogens is 449 g/mol. The van der Waals surface area contributed by atoms with Gasteiger partial charge in [0.15, 0.2) is 6.10 Å². The van der Waals surface area contributed by atoms with E-state index in [1.165, 1.54) is 0 Å². The van der Waals surface area contributed by atoms with E-state index in [1.54, 1.807) is 4.72 Å². The lowest BCUT2D eigenvalue weighted by molar-refractivity contribution is -0.206. The van der Waals surface area contributed by atoms with Gasteiger partial charge in [0.2, 0.25) is 5.09 Å². The van der Waals surface area contributed by atoms with E-state index in [9.17, 15) is 31.5 Å². The summed E-state index contributed by atoms with van der Waals surface area (Å²) in [4.78, 5) is 12.6. The van der Waals surface area contributed by atoms with Gasteiger partial charge in [0, 0.05) is 17.3 Å². The number of fused-ring (bicyclic) bond motifs is 1. The van der Waals surface area contributed by atoms with Gasteiger partial charge < -0.3 is 14.8 Å². The van der Waals surface area contributed by atoms with Crippen LogP contribution in [0, 0.1) is 5.92 Å². The number of benzene rings is 1. The second kappa shape index (κ2) is 8.11. The maximum Gasteiger partial charge on any atom is 0.418 e. The number of aryl methyl sites for hydroxylation is 1. The number of aliphatic hydroxyl groups excluding tert-OH is 1. The highest BCUT2D eigenvalue weighted by Crippen LogP contribution is 2.46. The van der Waals surface area contributed by atoms with Gasteiger partial charge in [-0.1, -0.05) is 19.1 Å². The number of hydrogen-bond donors (Lipinski definition) is 3. The zero-order valence-corrected chi connectivity index (χ0v) is 18.0. The molecule has 174 valence electrons. The van der Waals surface area contributed by atoms with Crippen molar-refractivity contribution in [3.05, 3.63) is 46.7 Å². The summed E-state index contributed by atoms with van der Waals surface area (Å²) in [6.07, 6.45) is -2.63. The zero-order chi connectivity index (χ0) is 23.3. The molecule has 0 spiro atoms. The molecule has 0 unspecified atom stereocenters. The summed E-state index contributed by atoms with van der Waals surface area (Å²) >= 11 is 0. The first-order valence-electron chi connectivity index (χ1n) is 10.3. The molecule has 3 N–H and O–H groups in total. The number of carbonyl (C=O) groups is 1. The topological polar surface area (TPSA) is 109 Å². The van der Waals surface area contributed by atoms with Crippen LogP contribution in [0.5, 0.6) is 0 Å². The number of hydrogen-bond acceptors (Lipinski definition) is 5. The Labute approximate surface area is 183 Å². The molecule has 2 atom stereocenters. The van der Waals surface area contributed by atoms with Crippen molar-refractivity contribution in [2.24, 2.45) is 5.92 Å². The highest BCUT2D eigenvalue weighted by atomic mass is 32.2. The summed E-state index contributed by atoms with van der Waals surface area (Å²) in [6, 6.07) is 3.51. The molecule has 4 rings (SSSR count). The number of rotatable bonds is 6. The van der Waals surface area contributed by atoms with Crippen LogP contribution < -0.4 is 10.0 Å². The molecule has 1 saturated carbocycles. The Morgan fingerprint density at radius 3 is 2.62 bits per heavy atom. The molecule has 0 bridgehead atoms. The van der Waals surface area contributed by atoms with Gasteiger partial charge in [-0.2, -0.15) is 21.6 Å². The van der Waals surface area contributed by atoms with Gasteiger partial charge in [0.25, 0.3) is 10.0 Å². The smallest absolute Gasteiger partial charge is 0.418 e. The first-order chi connectivity index (χ1) is 15.0. The highest BCUT2D eigenvalue weighted by Gasteiger charge is 2.41. The number of sulfonamides is 1. The molecule has 32 heavy (non-hydrogen) atoms. The van der Waals surface area contributed by atoms with Crippen LogP contribution in [0.15, 0.2) is 34.0 Å². The van der Waals surface area contributed by atoms with E-state index in [-0.39, 0.29) is 5.92 Å². The van der Waals surface area contributed by atoms with Gasteiger partial charge in [-0.15, -0.1) is 0 Å². The number of anilines is 1. The summed E-state index contributed by atoms with van der Waals surface area (Å²) < 4.78 is 69.3. The second-order valence-electron chi connectivity index (χ2n) is 8.35. The molecular formula is C21H23F3N2O5S. The molecule has 1 aromatic carbocycles. The predicted octanol–water partition coefficient (Wildman–Crippen LogP) is 4.39. The summed E-state index contributed by atoms with van der Waals surface area (Å²) in [5.74, 6) is 0.715. The SMILES string of the molecule is C[C@@H](c1ccc2c(c1NC(=O)NS(=O)(=O)c1cc([C@H](O)C(F)(F)F)co1)CCC2)C1CC1. The highest BCUT2D eigenvalue weighted by molar-refractivity contribution is 7.89. The van der Waals surface area contributed by atoms with E-state index < -0.39 is 39.0 Å². The number of alkyl halides is 3. The predicted molar refractivity (Wildman–Crippen MR) is 109 cm³/mol. The van der Waals surface area contributed by atoms with Crippen LogP contribution in [-0.4, -0.2) is 25.7 Å². The number of nitrogens with one attached hydrogen (secondary N) is 2. The molecule has 0 radical (unpaired) electrons. The molecule has 1 heterocycles. The van der Waals surface area contributed by atoms with Crippen molar-refractivity contribution < 1.29 is 35.9 Å². The maximum absolute atomic E-state index is 12.6. The molecule has 2 aromatic rings. The third-order valence-corrected chi connectivity index (χ3v) is 7.28. The van der Waals surface area contributed by atoms with E-state index in [4.69, 9.17) is 0 Å². The fraction of sp³-hybridized carbons (Fsp3) is 0.476. The van der Waals surface area contributed by atoms with Crippen LogP contribution in [-0.2, 0) is 22.9 Å². The molecule has 1 fully saturated rings. The first-order valence-corrected chi connectivity index (χ1v) is 11.8. The molecule has 11 heteroatoms. The number of furan rings is 1. The summed E-state index contributed by atoms with van der Waals surface area (Å²) in [7, 11) is -4.60. The number of aliphatic hydroxyl groups is 1. The Morgan fingerprint density at radius 1 is 1.25 bits per heavy atom. The van der Waals surface area contributed by atoms with Crippen LogP contribution in [0.25, 0.3) is 0 Å². The van der Waals surface area contributed by atoms with E-state index >= 15 is 0 Å². The number of halogens is 3. The second-order valence-corrected chi connectivity index (χ2v) is 9.96. The summed E-state index contributed by atoms with van der Waals surface area (Å²) in [5, 5.41) is 11.0. The van der Waals surface area contributed by atoms with Crippen molar-refractivity contribution >= 4 is 21.7 Å². The van der Waals surface area contributed by atoms with Gasteiger partial charge in [0.05, 0.1) is 6.26 Å². The van der Waals surface area contributed by atoms with Gasteiger partial charge in [-0.25, -0.2) is 9.52 Å². The molecule has 1 aromatic heterocycles. The quantitative estimate of drug-likeness (QED) is 0.578. The average Bonchev–Trinajstić information content (AvgIpc) is 3.23. The van der Waals surface area contributed by atoms with Gasteiger partial charge in [-0.3, -0.25) is 0 Å². The van der Waals surface area contributed by atoms with Crippen molar-refractivity contribution in [2.75, 3.05) is 5.32 Å². The molecule has 2 amide bonds. The molecule has 2 aliphatic rings. The molecule has 0 aliphatic heterocycles. The van der Waals surface area contributed by atoms with Crippen molar-refractivity contribution in [1.82, 2.24) is 4.72 Å². The lowest BCUT2D eigenvalue weighted by Crippen LogP contribution is -2.35. The Bertz CT molecular complexity index is 1140. The average molecular weight is 472 g/mol. The van der Waals surface area contributed by atoms with Crippen molar-refractivity contribution in [3.63, 3.8) is 0 Å². The van der Waals surface area contributed by atoms with Crippen LogP contribution in [0.3, 0.4) is 0 Å². The van der Waals surface area contributed by atoms with Gasteiger partial charge >= 0.3 is 12.2 Å². The first kappa shape index (κ1) is 22.7. The zero-order valence-electron chi connectivity index (χ0n) is 17.2. The monoisotopic (exact) mass is 472 g/mol. The van der Waals surface area contributed by atoms with Crippen molar-refractivity contribution in [1.29, 1.82) is 0 Å². The van der Waals surface area contributed by atoms with E-state index in [1.807, 2.05) is 12.1 Å². The van der Waals surface area contributed by atoms with Crippen molar-refractivity contribution in [3.8, 4) is 0 Å². The van der Waals surface area contributed by atoms with Gasteiger partial charge in [0.1, 0.15) is 0 Å². The number of amides is 2. The minimum atomic E-state index is -4.99. The van der Waals surface area contributed by atoms with Gasteiger partial charge in [-0.05, 0) is 60.6 Å². The maximum atomic E-state index is 12.6. The van der Waals surface area contributed by atoms with Crippen LogP contribution in [0.1, 0.15) is 60.5 Å². The van der Waals surface area contributed by atoms with Crippen molar-refractivity contribution in [2.45, 2.75) is 62.3 Å². The van der Waals surface area contributed by atoms with Crippen LogP contribution in [0.2, 0.25) is 0 Å². The lowest BCUT2D eigenvalue weighted by atomic mass is 9.91. The van der Waals surface area contributed by atoms with E-state index in [2.05, 4.69) is 16.7 Å². The lowest BCUT2D eigenvalue weighted by Gasteiger charge is -2.20. The fourth-order valence-electron chi connectivity index (χ4n) is 4.18. The minimum absolute atomic E-state index is 0.198. The van der Waals surface area contributed by atoms with Crippen LogP contribution >= 0.6 is 0 Å². The third-order valence-electron chi connectivity index (χ3n) is 6.09.